The first kappa shape index (κ1) is 28.1. The molecule has 0 unspecified atom stereocenters. The quantitative estimate of drug-likeness (QED) is 0.167. The van der Waals surface area contributed by atoms with Gasteiger partial charge in [0.05, 0.1) is 0 Å². The van der Waals surface area contributed by atoms with Crippen LogP contribution in [0.2, 0.25) is 0 Å². The number of hydrogen-bond donors (Lipinski definition) is 0. The molecule has 4 heteroatoms. The SMILES string of the molecule is c1ccc(-c2nc(Cc3cccc4oc5ccc(CCc6cc7ccccc7c7ccccc67)cc5c34)nc(-c3ccccc3)n2)cc1. The number of nitrogens with zero attached hydrogens (tertiary/aromatic N) is 3. The van der Waals surface area contributed by atoms with E-state index in [-0.39, 0.29) is 0 Å². The van der Waals surface area contributed by atoms with E-state index in [1.165, 1.54) is 32.7 Å². The molecule has 4 nitrogen and oxygen atoms in total. The average Bonchev–Trinajstić information content (AvgIpc) is 3.53. The molecule has 0 fully saturated rings. The Kier molecular flexibility index (Phi) is 6.98. The van der Waals surface area contributed by atoms with Crippen molar-refractivity contribution in [1.82, 2.24) is 15.0 Å². The van der Waals surface area contributed by atoms with Crippen LogP contribution in [0.1, 0.15) is 22.5 Å². The molecule has 0 aliphatic heterocycles. The van der Waals surface area contributed by atoms with Crippen molar-refractivity contribution in [3.8, 4) is 22.8 Å². The summed E-state index contributed by atoms with van der Waals surface area (Å²) in [5.74, 6) is 2.07. The van der Waals surface area contributed by atoms with Gasteiger partial charge >= 0.3 is 0 Å². The van der Waals surface area contributed by atoms with Crippen molar-refractivity contribution in [1.29, 1.82) is 0 Å². The lowest BCUT2D eigenvalue weighted by Gasteiger charge is -2.11. The van der Waals surface area contributed by atoms with Crippen LogP contribution in [-0.2, 0) is 19.3 Å². The van der Waals surface area contributed by atoms with Gasteiger partial charge in [-0.15, -0.1) is 0 Å². The second kappa shape index (κ2) is 11.9. The van der Waals surface area contributed by atoms with Crippen LogP contribution in [0.25, 0.3) is 66.3 Å². The highest BCUT2D eigenvalue weighted by Crippen LogP contribution is 2.34. The summed E-state index contributed by atoms with van der Waals surface area (Å²) in [5.41, 5.74) is 7.50. The van der Waals surface area contributed by atoms with Crippen LogP contribution in [0, 0.1) is 0 Å². The summed E-state index contributed by atoms with van der Waals surface area (Å²) in [6, 6.07) is 53.0. The van der Waals surface area contributed by atoms with Gasteiger partial charge in [-0.05, 0) is 69.3 Å². The van der Waals surface area contributed by atoms with Gasteiger partial charge in [-0.25, -0.2) is 15.0 Å². The molecule has 9 aromatic rings. The summed E-state index contributed by atoms with van der Waals surface area (Å²) in [6.07, 6.45) is 2.44. The molecule has 9 rings (SSSR count). The van der Waals surface area contributed by atoms with Crippen LogP contribution in [0.4, 0.5) is 0 Å². The topological polar surface area (TPSA) is 51.8 Å². The van der Waals surface area contributed by atoms with Gasteiger partial charge in [-0.2, -0.15) is 0 Å². The second-order valence-electron chi connectivity index (χ2n) is 12.3. The molecule has 0 radical (unpaired) electrons. The normalized spacial score (nSPS) is 11.6. The fourth-order valence-electron chi connectivity index (χ4n) is 6.97. The number of fused-ring (bicyclic) bond motifs is 6. The Morgan fingerprint density at radius 2 is 1.10 bits per heavy atom. The Hall–Kier alpha value is -6.13. The predicted molar refractivity (Wildman–Crippen MR) is 196 cm³/mol. The van der Waals surface area contributed by atoms with E-state index in [9.17, 15) is 0 Å². The highest BCUT2D eigenvalue weighted by Gasteiger charge is 2.16. The van der Waals surface area contributed by atoms with Crippen LogP contribution < -0.4 is 0 Å². The lowest BCUT2D eigenvalue weighted by molar-refractivity contribution is 0.668. The average molecular weight is 618 g/mol. The summed E-state index contributed by atoms with van der Waals surface area (Å²) < 4.78 is 6.39. The molecular formula is C44H31N3O. The van der Waals surface area contributed by atoms with Crippen molar-refractivity contribution in [2.75, 3.05) is 0 Å². The van der Waals surface area contributed by atoms with Crippen molar-refractivity contribution in [2.45, 2.75) is 19.3 Å². The molecule has 0 aliphatic rings. The van der Waals surface area contributed by atoms with E-state index >= 15 is 0 Å². The zero-order valence-electron chi connectivity index (χ0n) is 26.3. The van der Waals surface area contributed by atoms with E-state index in [0.717, 1.165) is 57.3 Å². The van der Waals surface area contributed by atoms with Crippen molar-refractivity contribution in [3.05, 3.63) is 174 Å². The molecule has 228 valence electrons. The van der Waals surface area contributed by atoms with Gasteiger partial charge in [0.2, 0.25) is 0 Å². The van der Waals surface area contributed by atoms with E-state index in [2.05, 4.69) is 91.0 Å². The lowest BCUT2D eigenvalue weighted by Crippen LogP contribution is -2.04. The number of benzene rings is 7. The van der Waals surface area contributed by atoms with E-state index < -0.39 is 0 Å². The van der Waals surface area contributed by atoms with Crippen LogP contribution >= 0.6 is 0 Å². The first-order valence-corrected chi connectivity index (χ1v) is 16.4. The number of aryl methyl sites for hydroxylation is 2. The zero-order chi connectivity index (χ0) is 31.9. The van der Waals surface area contributed by atoms with Crippen LogP contribution in [0.15, 0.2) is 156 Å². The number of aromatic nitrogens is 3. The van der Waals surface area contributed by atoms with Crippen LogP contribution in [0.5, 0.6) is 0 Å². The number of hydrogen-bond acceptors (Lipinski definition) is 4. The third-order valence-electron chi connectivity index (χ3n) is 9.28. The Morgan fingerprint density at radius 3 is 1.85 bits per heavy atom. The van der Waals surface area contributed by atoms with Crippen molar-refractivity contribution in [3.63, 3.8) is 0 Å². The maximum absolute atomic E-state index is 6.39. The molecule has 0 amide bonds. The van der Waals surface area contributed by atoms with Gasteiger partial charge in [-0.1, -0.05) is 133 Å². The molecule has 2 heterocycles. The van der Waals surface area contributed by atoms with E-state index in [4.69, 9.17) is 19.4 Å². The van der Waals surface area contributed by atoms with Crippen molar-refractivity contribution < 1.29 is 4.42 Å². The molecule has 0 atom stereocenters. The first-order chi connectivity index (χ1) is 23.8. The molecule has 7 aromatic carbocycles. The van der Waals surface area contributed by atoms with E-state index in [1.54, 1.807) is 0 Å². The molecule has 0 spiro atoms. The van der Waals surface area contributed by atoms with E-state index in [0.29, 0.717) is 18.1 Å². The smallest absolute Gasteiger partial charge is 0.163 e. The third-order valence-corrected chi connectivity index (χ3v) is 9.28. The van der Waals surface area contributed by atoms with Crippen molar-refractivity contribution in [2.24, 2.45) is 0 Å². The Morgan fingerprint density at radius 1 is 0.438 bits per heavy atom. The molecule has 0 saturated heterocycles. The summed E-state index contributed by atoms with van der Waals surface area (Å²) in [6.45, 7) is 0. The van der Waals surface area contributed by atoms with Gasteiger partial charge in [-0.3, -0.25) is 0 Å². The minimum atomic E-state index is 0.557. The fraction of sp³-hybridized carbons (Fsp3) is 0.0682. The van der Waals surface area contributed by atoms with Crippen LogP contribution in [0.3, 0.4) is 0 Å². The van der Waals surface area contributed by atoms with Gasteiger partial charge < -0.3 is 4.42 Å². The Bertz CT molecular complexity index is 2530. The molecular weight excluding hydrogens is 587 g/mol. The Labute approximate surface area is 278 Å². The maximum Gasteiger partial charge on any atom is 0.163 e. The van der Waals surface area contributed by atoms with Gasteiger partial charge in [0, 0.05) is 28.3 Å². The number of furan rings is 1. The Balaban J connectivity index is 1.09. The highest BCUT2D eigenvalue weighted by atomic mass is 16.3. The highest BCUT2D eigenvalue weighted by molar-refractivity contribution is 6.09. The molecule has 48 heavy (non-hydrogen) atoms. The lowest BCUT2D eigenvalue weighted by atomic mass is 9.93. The summed E-state index contributed by atoms with van der Waals surface area (Å²) >= 11 is 0. The molecule has 0 aliphatic carbocycles. The van der Waals surface area contributed by atoms with Gasteiger partial charge in [0.15, 0.2) is 11.6 Å². The fourth-order valence-corrected chi connectivity index (χ4v) is 6.97. The van der Waals surface area contributed by atoms with Crippen molar-refractivity contribution >= 4 is 43.5 Å². The second-order valence-corrected chi connectivity index (χ2v) is 12.3. The third kappa shape index (κ3) is 5.18. The monoisotopic (exact) mass is 617 g/mol. The standard InChI is InChI=1S/C44H31N3O/c1-3-12-30(13-4-1)43-45-41(46-44(47-43)31-14-5-2-6-15-31)28-34-17-11-21-40-42(34)38-26-29(23-25-39(38)48-40)22-24-33-27-32-16-7-8-18-35(32)37-20-10-9-19-36(33)37/h1-21,23,25-27H,22,24,28H2. The first-order valence-electron chi connectivity index (χ1n) is 16.4. The zero-order valence-corrected chi connectivity index (χ0v) is 26.3. The summed E-state index contributed by atoms with van der Waals surface area (Å²) in [5, 5.41) is 7.48. The van der Waals surface area contributed by atoms with Gasteiger partial charge in [0.1, 0.15) is 17.0 Å². The molecule has 0 saturated carbocycles. The largest absolute Gasteiger partial charge is 0.456 e. The summed E-state index contributed by atoms with van der Waals surface area (Å²) in [7, 11) is 0. The molecule has 0 N–H and O–H groups in total. The van der Waals surface area contributed by atoms with Gasteiger partial charge in [0.25, 0.3) is 0 Å². The molecule has 2 aromatic heterocycles. The maximum atomic E-state index is 6.39. The minimum absolute atomic E-state index is 0.557. The summed E-state index contributed by atoms with van der Waals surface area (Å²) in [4.78, 5) is 14.8. The molecule has 0 bridgehead atoms. The van der Waals surface area contributed by atoms with Crippen LogP contribution in [-0.4, -0.2) is 15.0 Å². The predicted octanol–water partition coefficient (Wildman–Crippen LogP) is 10.8. The minimum Gasteiger partial charge on any atom is -0.456 e. The van der Waals surface area contributed by atoms with E-state index in [1.807, 2.05) is 60.7 Å². The number of rotatable bonds is 7.